The number of rotatable bonds is 5. The number of halogens is 1. The number of fused-ring (bicyclic) bond motifs is 1. The number of hydrogen-bond acceptors (Lipinski definition) is 3. The van der Waals surface area contributed by atoms with Gasteiger partial charge < -0.3 is 5.32 Å². The van der Waals surface area contributed by atoms with Crippen molar-refractivity contribution in [1.82, 2.24) is 15.1 Å². The van der Waals surface area contributed by atoms with E-state index >= 15 is 0 Å². The molecule has 0 spiro atoms. The molecule has 1 fully saturated rings. The number of hydrogen-bond donors (Lipinski definition) is 1. The summed E-state index contributed by atoms with van der Waals surface area (Å²) in [5.41, 5.74) is 0.815. The van der Waals surface area contributed by atoms with Crippen LogP contribution in [-0.4, -0.2) is 15.7 Å². The van der Waals surface area contributed by atoms with E-state index in [9.17, 15) is 9.59 Å². The number of benzene rings is 2. The zero-order valence-corrected chi connectivity index (χ0v) is 17.3. The molecule has 0 radical (unpaired) electrons. The first kappa shape index (κ1) is 20.2. The van der Waals surface area contributed by atoms with Gasteiger partial charge in [-0.3, -0.25) is 9.59 Å². The predicted octanol–water partition coefficient (Wildman–Crippen LogP) is 3.81. The highest BCUT2D eigenvalue weighted by Crippen LogP contribution is 2.41. The normalized spacial score (nSPS) is 15.1. The summed E-state index contributed by atoms with van der Waals surface area (Å²) < 4.78 is 1.27. The van der Waals surface area contributed by atoms with Crippen LogP contribution in [0.3, 0.4) is 0 Å². The van der Waals surface area contributed by atoms with E-state index in [0.717, 1.165) is 36.6 Å². The molecule has 0 unspecified atom stereocenters. The van der Waals surface area contributed by atoms with Gasteiger partial charge >= 0.3 is 0 Å². The van der Waals surface area contributed by atoms with Crippen LogP contribution in [0, 0.1) is 12.3 Å². The number of nitrogens with zero attached hydrogens (tertiary/aromatic N) is 2. The summed E-state index contributed by atoms with van der Waals surface area (Å²) in [4.78, 5) is 26.0. The summed E-state index contributed by atoms with van der Waals surface area (Å²) in [6.07, 6.45) is 8.99. The highest BCUT2D eigenvalue weighted by Gasteiger charge is 2.42. The number of amides is 1. The zero-order chi connectivity index (χ0) is 21.1. The van der Waals surface area contributed by atoms with E-state index < -0.39 is 5.41 Å². The van der Waals surface area contributed by atoms with Crippen LogP contribution in [0.25, 0.3) is 10.8 Å². The van der Waals surface area contributed by atoms with Gasteiger partial charge in [0.1, 0.15) is 6.54 Å². The van der Waals surface area contributed by atoms with Crippen molar-refractivity contribution in [1.29, 1.82) is 0 Å². The smallest absolute Gasteiger partial charge is 0.275 e. The van der Waals surface area contributed by atoms with E-state index in [-0.39, 0.29) is 24.6 Å². The summed E-state index contributed by atoms with van der Waals surface area (Å²) in [5.74, 6) is 2.44. The van der Waals surface area contributed by atoms with Crippen LogP contribution >= 0.6 is 11.6 Å². The van der Waals surface area contributed by atoms with Gasteiger partial charge in [-0.15, -0.1) is 6.42 Å². The summed E-state index contributed by atoms with van der Waals surface area (Å²) in [7, 11) is 0. The van der Waals surface area contributed by atoms with Gasteiger partial charge in [0.2, 0.25) is 5.91 Å². The fourth-order valence-electron chi connectivity index (χ4n) is 4.36. The van der Waals surface area contributed by atoms with Crippen molar-refractivity contribution >= 4 is 28.3 Å². The lowest BCUT2D eigenvalue weighted by molar-refractivity contribution is -0.126. The molecule has 3 aromatic rings. The van der Waals surface area contributed by atoms with Crippen molar-refractivity contribution in [2.24, 2.45) is 0 Å². The highest BCUT2D eigenvalue weighted by atomic mass is 35.5. The lowest BCUT2D eigenvalue weighted by Crippen LogP contribution is -2.42. The molecule has 1 amide bonds. The Morgan fingerprint density at radius 2 is 1.80 bits per heavy atom. The average Bonchev–Trinajstić information content (AvgIpc) is 3.26. The minimum absolute atomic E-state index is 0.0251. The van der Waals surface area contributed by atoms with Gasteiger partial charge in [-0.05, 0) is 36.6 Å². The first-order chi connectivity index (χ1) is 14.5. The monoisotopic (exact) mass is 419 g/mol. The number of carbonyl (C=O) groups excluding carboxylic acids is 1. The van der Waals surface area contributed by atoms with Gasteiger partial charge in [0.25, 0.3) is 5.56 Å². The third-order valence-electron chi connectivity index (χ3n) is 5.89. The molecule has 1 saturated carbocycles. The van der Waals surface area contributed by atoms with Gasteiger partial charge in [-0.2, -0.15) is 5.10 Å². The molecule has 1 heterocycles. The van der Waals surface area contributed by atoms with Crippen LogP contribution in [0.15, 0.2) is 53.3 Å². The number of aromatic nitrogens is 2. The van der Waals surface area contributed by atoms with Gasteiger partial charge in [0.15, 0.2) is 0 Å². The summed E-state index contributed by atoms with van der Waals surface area (Å²) in [5, 5.41) is 9.42. The van der Waals surface area contributed by atoms with E-state index in [2.05, 4.69) is 16.3 Å². The van der Waals surface area contributed by atoms with Gasteiger partial charge in [-0.1, -0.05) is 60.7 Å². The van der Waals surface area contributed by atoms with E-state index in [0.29, 0.717) is 16.1 Å². The molecule has 0 saturated heterocycles. The molecular weight excluding hydrogens is 398 g/mol. The third-order valence-corrected chi connectivity index (χ3v) is 6.14. The van der Waals surface area contributed by atoms with Crippen molar-refractivity contribution in [3.63, 3.8) is 0 Å². The minimum Gasteiger partial charge on any atom is -0.350 e. The lowest BCUT2D eigenvalue weighted by atomic mass is 9.78. The standard InChI is InChI=1S/C24H22ClN3O2/c1-2-15-28-22(29)20-8-4-3-7-19(20)21(27-28)16-26-23(30)24(13-5-6-14-24)17-9-11-18(25)12-10-17/h1,3-4,7-12H,5-6,13-16H2,(H,26,30). The molecule has 30 heavy (non-hydrogen) atoms. The minimum atomic E-state index is -0.562. The molecule has 1 N–H and O–H groups in total. The van der Waals surface area contributed by atoms with Gasteiger partial charge in [0, 0.05) is 10.4 Å². The molecule has 2 aromatic carbocycles. The molecule has 5 nitrogen and oxygen atoms in total. The maximum absolute atomic E-state index is 13.4. The summed E-state index contributed by atoms with van der Waals surface area (Å²) in [6.45, 7) is 0.304. The first-order valence-electron chi connectivity index (χ1n) is 10.0. The van der Waals surface area contributed by atoms with Crippen LogP contribution in [0.4, 0.5) is 0 Å². The molecule has 1 aliphatic carbocycles. The molecular formula is C24H22ClN3O2. The average molecular weight is 420 g/mol. The van der Waals surface area contributed by atoms with Crippen LogP contribution in [-0.2, 0) is 23.3 Å². The Morgan fingerprint density at radius 1 is 1.13 bits per heavy atom. The van der Waals surface area contributed by atoms with E-state index in [1.165, 1.54) is 4.68 Å². The van der Waals surface area contributed by atoms with E-state index in [1.54, 1.807) is 12.1 Å². The second kappa shape index (κ2) is 8.33. The van der Waals surface area contributed by atoms with Crippen molar-refractivity contribution in [2.45, 2.75) is 44.2 Å². The van der Waals surface area contributed by atoms with Crippen LogP contribution in [0.1, 0.15) is 36.9 Å². The Kier molecular flexibility index (Phi) is 5.61. The molecule has 0 atom stereocenters. The molecule has 0 aliphatic heterocycles. The van der Waals surface area contributed by atoms with Crippen molar-refractivity contribution in [2.75, 3.05) is 0 Å². The number of terminal acetylenes is 1. The Hall–Kier alpha value is -3.10. The Labute approximate surface area is 180 Å². The van der Waals surface area contributed by atoms with Crippen LogP contribution in [0.5, 0.6) is 0 Å². The topological polar surface area (TPSA) is 64.0 Å². The fourth-order valence-corrected chi connectivity index (χ4v) is 4.48. The predicted molar refractivity (Wildman–Crippen MR) is 118 cm³/mol. The van der Waals surface area contributed by atoms with Crippen LogP contribution < -0.4 is 10.9 Å². The number of carbonyl (C=O) groups is 1. The van der Waals surface area contributed by atoms with Gasteiger partial charge in [-0.25, -0.2) is 4.68 Å². The first-order valence-corrected chi connectivity index (χ1v) is 10.4. The van der Waals surface area contributed by atoms with Crippen LogP contribution in [0.2, 0.25) is 5.02 Å². The van der Waals surface area contributed by atoms with Crippen molar-refractivity contribution in [3.05, 3.63) is 75.2 Å². The quantitative estimate of drug-likeness (QED) is 0.639. The SMILES string of the molecule is C#CCn1nc(CNC(=O)C2(c3ccc(Cl)cc3)CCCC2)c2ccccc2c1=O. The van der Waals surface area contributed by atoms with Crippen molar-refractivity contribution < 1.29 is 4.79 Å². The Bertz CT molecular complexity index is 1190. The molecule has 0 bridgehead atoms. The molecule has 152 valence electrons. The second-order valence-electron chi connectivity index (χ2n) is 7.64. The summed E-state index contributed by atoms with van der Waals surface area (Å²) >= 11 is 6.04. The van der Waals surface area contributed by atoms with Gasteiger partial charge in [0.05, 0.1) is 23.0 Å². The molecule has 1 aromatic heterocycles. The van der Waals surface area contributed by atoms with Crippen molar-refractivity contribution in [3.8, 4) is 12.3 Å². The van der Waals surface area contributed by atoms with E-state index in [4.69, 9.17) is 18.0 Å². The van der Waals surface area contributed by atoms with E-state index in [1.807, 2.05) is 36.4 Å². The molecule has 1 aliphatic rings. The highest BCUT2D eigenvalue weighted by molar-refractivity contribution is 6.30. The largest absolute Gasteiger partial charge is 0.350 e. The Balaban J connectivity index is 1.65. The maximum Gasteiger partial charge on any atom is 0.275 e. The zero-order valence-electron chi connectivity index (χ0n) is 16.5. The summed E-state index contributed by atoms with van der Waals surface area (Å²) in [6, 6.07) is 14.8. The Morgan fingerprint density at radius 3 is 2.47 bits per heavy atom. The third kappa shape index (κ3) is 3.59. The fraction of sp³-hybridized carbons (Fsp3) is 0.292. The molecule has 6 heteroatoms. The maximum atomic E-state index is 13.4. The number of nitrogens with one attached hydrogen (secondary N) is 1. The molecule has 4 rings (SSSR count). The lowest BCUT2D eigenvalue weighted by Gasteiger charge is -2.28. The second-order valence-corrected chi connectivity index (χ2v) is 8.07.